The summed E-state index contributed by atoms with van der Waals surface area (Å²) in [6, 6.07) is 7.46. The van der Waals surface area contributed by atoms with Gasteiger partial charge in [0.2, 0.25) is 0 Å². The molecule has 13 nitrogen and oxygen atoms in total. The third-order valence-electron chi connectivity index (χ3n) is 5.10. The van der Waals surface area contributed by atoms with Crippen molar-refractivity contribution >= 4 is 0 Å². The fraction of sp³-hybridized carbons (Fsp3) is 0.692. The van der Waals surface area contributed by atoms with Gasteiger partial charge < -0.3 is 47.4 Å². The minimum absolute atomic E-state index is 0.296. The number of fused-ring (bicyclic) bond motifs is 28. The number of hydrogen-bond acceptors (Lipinski definition) is 12. The SMILES string of the molecule is c1cc2ccc1OCCOCCOCCOCCOCc1n[nH]c(n1)COCCOCCOCCOCCO2. The van der Waals surface area contributed by atoms with Crippen molar-refractivity contribution in [2.75, 3.05) is 106 Å². The normalized spacial score (nSPS) is 20.1. The molecule has 0 saturated carbocycles. The minimum Gasteiger partial charge on any atom is -0.491 e. The van der Waals surface area contributed by atoms with E-state index in [4.69, 9.17) is 47.4 Å². The lowest BCUT2D eigenvalue weighted by Gasteiger charge is -2.10. The lowest BCUT2D eigenvalue weighted by molar-refractivity contribution is -0.00759. The van der Waals surface area contributed by atoms with E-state index < -0.39 is 0 Å². The van der Waals surface area contributed by atoms with Gasteiger partial charge in [0.1, 0.15) is 37.9 Å². The minimum atomic E-state index is 0.296. The molecule has 220 valence electrons. The molecule has 13 heteroatoms. The van der Waals surface area contributed by atoms with Crippen molar-refractivity contribution in [1.82, 2.24) is 15.2 Å². The second-order valence-corrected chi connectivity index (χ2v) is 8.15. The van der Waals surface area contributed by atoms with E-state index in [9.17, 15) is 0 Å². The zero-order valence-electron chi connectivity index (χ0n) is 22.5. The van der Waals surface area contributed by atoms with Gasteiger partial charge in [0.25, 0.3) is 0 Å². The van der Waals surface area contributed by atoms with Crippen LogP contribution in [0.25, 0.3) is 0 Å². The molecule has 1 aromatic carbocycles. The number of aromatic amines is 1. The monoisotopic (exact) mass is 555 g/mol. The maximum absolute atomic E-state index is 5.68. The molecule has 2 aromatic rings. The van der Waals surface area contributed by atoms with Crippen LogP contribution < -0.4 is 9.47 Å². The predicted octanol–water partition coefficient (Wildman–Crippen LogP) is 1.41. The smallest absolute Gasteiger partial charge is 0.176 e. The average molecular weight is 556 g/mol. The summed E-state index contributed by atoms with van der Waals surface area (Å²) < 4.78 is 55.5. The standard InChI is InChI=1S/C26H41N3O10/c1-2-24-4-3-23(1)38-19-17-34-11-9-30-5-7-32-13-15-36-21-25-27-26(29-28-25)22-37-16-14-33-8-6-31-10-12-35-18-20-39-24/h1-4H,5-22H2,(H,27,28,29). The lowest BCUT2D eigenvalue weighted by atomic mass is 10.3. The molecule has 0 radical (unpaired) electrons. The van der Waals surface area contributed by atoms with E-state index in [0.29, 0.717) is 131 Å². The molecule has 0 unspecified atom stereocenters. The Bertz CT molecular complexity index is 774. The molecule has 2 aliphatic rings. The first-order valence-corrected chi connectivity index (χ1v) is 13.3. The van der Waals surface area contributed by atoms with E-state index >= 15 is 0 Å². The van der Waals surface area contributed by atoms with Crippen molar-refractivity contribution in [2.45, 2.75) is 13.2 Å². The summed E-state index contributed by atoms with van der Waals surface area (Å²) in [4.78, 5) is 4.34. The highest BCUT2D eigenvalue weighted by Gasteiger charge is 2.04. The van der Waals surface area contributed by atoms with Gasteiger partial charge in [0.15, 0.2) is 11.6 Å². The zero-order valence-corrected chi connectivity index (χ0v) is 22.5. The number of H-pyrrole nitrogens is 1. The lowest BCUT2D eigenvalue weighted by Crippen LogP contribution is -2.14. The second-order valence-electron chi connectivity index (χ2n) is 8.15. The Morgan fingerprint density at radius 1 is 0.436 bits per heavy atom. The largest absolute Gasteiger partial charge is 0.491 e. The van der Waals surface area contributed by atoms with E-state index in [-0.39, 0.29) is 0 Å². The Morgan fingerprint density at radius 2 is 0.795 bits per heavy atom. The molecule has 3 heterocycles. The Balaban J connectivity index is 1.29. The van der Waals surface area contributed by atoms with Crippen LogP contribution in [0.5, 0.6) is 11.5 Å². The first kappa shape index (κ1) is 31.2. The van der Waals surface area contributed by atoms with Gasteiger partial charge in [0.05, 0.1) is 92.5 Å². The Kier molecular flexibility index (Phi) is 17.2. The Morgan fingerprint density at radius 3 is 1.23 bits per heavy atom. The first-order chi connectivity index (χ1) is 19.4. The average Bonchev–Trinajstić information content (AvgIpc) is 3.41. The van der Waals surface area contributed by atoms with Gasteiger partial charge >= 0.3 is 0 Å². The molecule has 0 aliphatic carbocycles. The molecule has 1 aromatic heterocycles. The van der Waals surface area contributed by atoms with E-state index in [1.807, 2.05) is 24.3 Å². The highest BCUT2D eigenvalue weighted by Crippen LogP contribution is 2.17. The number of nitrogens with one attached hydrogen (secondary N) is 1. The van der Waals surface area contributed by atoms with Crippen LogP contribution in [0.3, 0.4) is 0 Å². The van der Waals surface area contributed by atoms with Crippen molar-refractivity contribution in [3.8, 4) is 11.5 Å². The van der Waals surface area contributed by atoms with Crippen molar-refractivity contribution in [1.29, 1.82) is 0 Å². The van der Waals surface area contributed by atoms with Crippen LogP contribution in [0.2, 0.25) is 0 Å². The summed E-state index contributed by atoms with van der Waals surface area (Å²) in [7, 11) is 0. The number of rotatable bonds is 0. The van der Waals surface area contributed by atoms with Crippen molar-refractivity contribution in [3.63, 3.8) is 0 Å². The van der Waals surface area contributed by atoms with E-state index in [1.54, 1.807) is 0 Å². The molecule has 4 bridgehead atoms. The van der Waals surface area contributed by atoms with Crippen LogP contribution in [0.4, 0.5) is 0 Å². The molecule has 0 fully saturated rings. The molecule has 4 rings (SSSR count). The van der Waals surface area contributed by atoms with Crippen LogP contribution in [0, 0.1) is 0 Å². The van der Waals surface area contributed by atoms with Gasteiger partial charge in [-0.2, -0.15) is 5.10 Å². The summed E-state index contributed by atoms with van der Waals surface area (Å²) in [5.74, 6) is 2.72. The first-order valence-electron chi connectivity index (χ1n) is 13.3. The van der Waals surface area contributed by atoms with Gasteiger partial charge in [-0.25, -0.2) is 4.98 Å². The van der Waals surface area contributed by atoms with E-state index in [2.05, 4.69) is 15.2 Å². The third kappa shape index (κ3) is 15.7. The van der Waals surface area contributed by atoms with Crippen LogP contribution in [0.15, 0.2) is 24.3 Å². The maximum Gasteiger partial charge on any atom is 0.176 e. The number of ether oxygens (including phenoxy) is 10. The molecule has 0 amide bonds. The number of aromatic nitrogens is 3. The van der Waals surface area contributed by atoms with Crippen LogP contribution >= 0.6 is 0 Å². The van der Waals surface area contributed by atoms with Crippen molar-refractivity contribution < 1.29 is 47.4 Å². The van der Waals surface area contributed by atoms with Crippen molar-refractivity contribution in [3.05, 3.63) is 35.9 Å². The van der Waals surface area contributed by atoms with Gasteiger partial charge in [0, 0.05) is 0 Å². The van der Waals surface area contributed by atoms with Gasteiger partial charge in [-0.15, -0.1) is 0 Å². The molecule has 39 heavy (non-hydrogen) atoms. The maximum atomic E-state index is 5.68. The third-order valence-corrected chi connectivity index (χ3v) is 5.10. The van der Waals surface area contributed by atoms with E-state index in [1.165, 1.54) is 0 Å². The molecule has 0 saturated heterocycles. The Hall–Kier alpha value is -2.36. The van der Waals surface area contributed by atoms with Crippen molar-refractivity contribution in [2.24, 2.45) is 0 Å². The molecule has 0 spiro atoms. The summed E-state index contributed by atoms with van der Waals surface area (Å²) in [6.45, 7) is 8.20. The Labute approximate surface area is 229 Å². The van der Waals surface area contributed by atoms with Crippen LogP contribution in [-0.2, 0) is 51.1 Å². The zero-order chi connectivity index (χ0) is 27.1. The topological polar surface area (TPSA) is 134 Å². The fourth-order valence-electron chi connectivity index (χ4n) is 3.18. The number of benzene rings is 1. The summed E-state index contributed by atoms with van der Waals surface area (Å²) in [5, 5.41) is 6.96. The van der Waals surface area contributed by atoms with Gasteiger partial charge in [-0.1, -0.05) is 0 Å². The summed E-state index contributed by atoms with van der Waals surface area (Å²) >= 11 is 0. The summed E-state index contributed by atoms with van der Waals surface area (Å²) in [5.41, 5.74) is 0. The number of nitrogens with zero attached hydrogens (tertiary/aromatic N) is 2. The molecule has 1 N–H and O–H groups in total. The predicted molar refractivity (Wildman–Crippen MR) is 138 cm³/mol. The summed E-state index contributed by atoms with van der Waals surface area (Å²) in [6.07, 6.45) is 0. The second kappa shape index (κ2) is 21.5. The molecular formula is C26H41N3O10. The molecular weight excluding hydrogens is 514 g/mol. The highest BCUT2D eigenvalue weighted by molar-refractivity contribution is 5.31. The highest BCUT2D eigenvalue weighted by atomic mass is 16.6. The van der Waals surface area contributed by atoms with Crippen LogP contribution in [0.1, 0.15) is 11.6 Å². The number of hydrogen-bond donors (Lipinski definition) is 1. The van der Waals surface area contributed by atoms with Gasteiger partial charge in [-0.05, 0) is 24.3 Å². The van der Waals surface area contributed by atoms with Gasteiger partial charge in [-0.3, -0.25) is 5.10 Å². The molecule has 0 atom stereocenters. The van der Waals surface area contributed by atoms with Crippen LogP contribution in [-0.4, -0.2) is 121 Å². The van der Waals surface area contributed by atoms with E-state index in [0.717, 1.165) is 11.5 Å². The quantitative estimate of drug-likeness (QED) is 0.471. The molecule has 2 aliphatic heterocycles. The fourth-order valence-corrected chi connectivity index (χ4v) is 3.18.